The van der Waals surface area contributed by atoms with E-state index in [-0.39, 0.29) is 28.5 Å². The summed E-state index contributed by atoms with van der Waals surface area (Å²) in [6, 6.07) is 0. The fraction of sp³-hybridized carbons (Fsp3) is 0. The highest BCUT2D eigenvalue weighted by atomic mass is 16.1. The molecule has 0 radical (unpaired) electrons. The van der Waals surface area contributed by atoms with Crippen LogP contribution in [0.2, 0.25) is 0 Å². The predicted octanol–water partition coefficient (Wildman–Crippen LogP) is -2.37. The molecule has 0 fully saturated rings. The van der Waals surface area contributed by atoms with Crippen LogP contribution in [0.5, 0.6) is 0 Å². The molecule has 0 aliphatic rings. The van der Waals surface area contributed by atoms with Gasteiger partial charge in [-0.2, -0.15) is 9.97 Å². The molecule has 10 N–H and O–H groups in total. The Balaban J connectivity index is 0.000000160. The smallest absolute Gasteiger partial charge is 0.278 e. The summed E-state index contributed by atoms with van der Waals surface area (Å²) < 4.78 is 0. The number of imidazole rings is 2. The van der Waals surface area contributed by atoms with E-state index in [9.17, 15) is 9.59 Å². The number of hydrogen-bond donors (Lipinski definition) is 6. The number of aromatic nitrogens is 8. The molecule has 0 saturated carbocycles. The molecule has 4 aromatic rings. The first-order valence-corrected chi connectivity index (χ1v) is 5.92. The van der Waals surface area contributed by atoms with E-state index in [0.29, 0.717) is 22.3 Å². The second-order valence-corrected chi connectivity index (χ2v) is 4.10. The fourth-order valence-electron chi connectivity index (χ4n) is 1.72. The molecule has 0 saturated heterocycles. The molecule has 0 bridgehead atoms. The molecule has 0 aromatic carbocycles. The van der Waals surface area contributed by atoms with Gasteiger partial charge in [-0.25, -0.2) is 9.97 Å². The normalized spacial score (nSPS) is 10.1. The van der Waals surface area contributed by atoms with E-state index in [1.54, 1.807) is 0 Å². The quantitative estimate of drug-likeness (QED) is 0.204. The first-order chi connectivity index (χ1) is 10.5. The minimum absolute atomic E-state index is 0. The number of rotatable bonds is 0. The number of H-pyrrole nitrogens is 4. The molecule has 13 nitrogen and oxygen atoms in total. The van der Waals surface area contributed by atoms with Gasteiger partial charge in [-0.3, -0.25) is 19.6 Å². The van der Waals surface area contributed by atoms with Crippen molar-refractivity contribution in [3.63, 3.8) is 0 Å². The van der Waals surface area contributed by atoms with Crippen molar-refractivity contribution in [3.05, 3.63) is 33.4 Å². The van der Waals surface area contributed by atoms with E-state index in [2.05, 4.69) is 39.9 Å². The van der Waals surface area contributed by atoms with Gasteiger partial charge in [-0.05, 0) is 0 Å². The van der Waals surface area contributed by atoms with Gasteiger partial charge in [0.15, 0.2) is 22.3 Å². The van der Waals surface area contributed by atoms with Crippen LogP contribution in [0, 0.1) is 0 Å². The van der Waals surface area contributed by atoms with Gasteiger partial charge in [0.05, 0.1) is 12.7 Å². The highest BCUT2D eigenvalue weighted by molar-refractivity contribution is 5.69. The number of hydrogen-bond acceptors (Lipinski definition) is 8. The van der Waals surface area contributed by atoms with Crippen molar-refractivity contribution in [1.82, 2.24) is 39.9 Å². The zero-order valence-corrected chi connectivity index (χ0v) is 11.4. The first kappa shape index (κ1) is 15.6. The average molecular weight is 320 g/mol. The van der Waals surface area contributed by atoms with Crippen molar-refractivity contribution in [2.45, 2.75) is 0 Å². The minimum atomic E-state index is -0.301. The van der Waals surface area contributed by atoms with Crippen molar-refractivity contribution in [2.24, 2.45) is 0 Å². The maximum absolute atomic E-state index is 11.0. The standard InChI is InChI=1S/2C5H5N5O.H2O/c2*6-5-9-3-2(4(11)10-5)7-1-8-3;/h2*1H,(H4,6,7,8,9,10,11);1H2. The number of nitrogens with one attached hydrogen (secondary N) is 4. The summed E-state index contributed by atoms with van der Waals surface area (Å²) in [7, 11) is 0. The molecule has 0 atom stereocenters. The first-order valence-electron chi connectivity index (χ1n) is 5.92. The van der Waals surface area contributed by atoms with E-state index in [4.69, 9.17) is 11.5 Å². The van der Waals surface area contributed by atoms with Crippen molar-refractivity contribution in [2.75, 3.05) is 11.5 Å². The molecule has 0 aliphatic heterocycles. The number of aromatic amines is 4. The maximum atomic E-state index is 11.0. The van der Waals surface area contributed by atoms with Gasteiger partial charge in [-0.15, -0.1) is 0 Å². The third-order valence-corrected chi connectivity index (χ3v) is 2.63. The topological polar surface area (TPSA) is 232 Å². The van der Waals surface area contributed by atoms with E-state index >= 15 is 0 Å². The molecular formula is C10H12N10O3. The van der Waals surface area contributed by atoms with E-state index in [1.807, 2.05) is 0 Å². The zero-order chi connectivity index (χ0) is 15.7. The second-order valence-electron chi connectivity index (χ2n) is 4.10. The molecule has 0 unspecified atom stereocenters. The molecule has 0 aliphatic carbocycles. The van der Waals surface area contributed by atoms with E-state index in [1.165, 1.54) is 12.7 Å². The lowest BCUT2D eigenvalue weighted by Gasteiger charge is -1.89. The van der Waals surface area contributed by atoms with Crippen LogP contribution in [0.25, 0.3) is 22.3 Å². The molecular weight excluding hydrogens is 308 g/mol. The third-order valence-electron chi connectivity index (χ3n) is 2.63. The summed E-state index contributed by atoms with van der Waals surface area (Å²) >= 11 is 0. The number of nitrogen functional groups attached to an aromatic ring is 2. The van der Waals surface area contributed by atoms with Crippen LogP contribution in [0.4, 0.5) is 11.9 Å². The summed E-state index contributed by atoms with van der Waals surface area (Å²) in [5.74, 6) is 0.157. The van der Waals surface area contributed by atoms with Gasteiger partial charge in [0.1, 0.15) is 0 Å². The predicted molar refractivity (Wildman–Crippen MR) is 81.5 cm³/mol. The highest BCUT2D eigenvalue weighted by Gasteiger charge is 2.02. The summed E-state index contributed by atoms with van der Waals surface area (Å²) in [6.45, 7) is 0. The van der Waals surface area contributed by atoms with Gasteiger partial charge in [0, 0.05) is 0 Å². The number of fused-ring (bicyclic) bond motifs is 2. The molecule has 0 spiro atoms. The fourth-order valence-corrected chi connectivity index (χ4v) is 1.72. The van der Waals surface area contributed by atoms with Crippen molar-refractivity contribution >= 4 is 34.2 Å². The molecule has 120 valence electrons. The molecule has 4 heterocycles. The summed E-state index contributed by atoms with van der Waals surface area (Å²) in [6.07, 6.45) is 2.79. The third kappa shape index (κ3) is 2.98. The zero-order valence-electron chi connectivity index (χ0n) is 11.4. The van der Waals surface area contributed by atoms with Gasteiger partial charge in [0.2, 0.25) is 11.9 Å². The van der Waals surface area contributed by atoms with Gasteiger partial charge in [-0.1, -0.05) is 0 Å². The lowest BCUT2D eigenvalue weighted by molar-refractivity contribution is 0.824. The van der Waals surface area contributed by atoms with Gasteiger partial charge >= 0.3 is 0 Å². The van der Waals surface area contributed by atoms with Crippen molar-refractivity contribution < 1.29 is 5.48 Å². The maximum Gasteiger partial charge on any atom is 0.278 e. The Bertz CT molecular complexity index is 972. The SMILES string of the molecule is Nc1nc2nc[nH]c2c(=O)[nH]1.Nc1nc2nc[nH]c2c(=O)[nH]1.O. The summed E-state index contributed by atoms with van der Waals surface area (Å²) in [5, 5.41) is 0. The average Bonchev–Trinajstić information content (AvgIpc) is 3.07. The lowest BCUT2D eigenvalue weighted by Crippen LogP contribution is -2.10. The second kappa shape index (κ2) is 5.94. The highest BCUT2D eigenvalue weighted by Crippen LogP contribution is 1.99. The number of nitrogens with two attached hydrogens (primary N) is 2. The molecule has 4 rings (SSSR count). The Kier molecular flexibility index (Phi) is 4.04. The molecule has 23 heavy (non-hydrogen) atoms. The largest absolute Gasteiger partial charge is 0.412 e. The van der Waals surface area contributed by atoms with Crippen molar-refractivity contribution in [1.29, 1.82) is 0 Å². The number of nitrogens with zero attached hydrogens (tertiary/aromatic N) is 4. The Morgan fingerprint density at radius 2 is 1.17 bits per heavy atom. The minimum Gasteiger partial charge on any atom is -0.412 e. The molecule has 0 amide bonds. The van der Waals surface area contributed by atoms with E-state index < -0.39 is 0 Å². The Morgan fingerprint density at radius 1 is 0.783 bits per heavy atom. The van der Waals surface area contributed by atoms with Crippen LogP contribution in [-0.2, 0) is 0 Å². The Labute approximate surface area is 125 Å². The lowest BCUT2D eigenvalue weighted by atomic mass is 10.5. The van der Waals surface area contributed by atoms with Crippen LogP contribution in [0.1, 0.15) is 0 Å². The molecule has 4 aromatic heterocycles. The molecule has 13 heteroatoms. The monoisotopic (exact) mass is 320 g/mol. The van der Waals surface area contributed by atoms with Crippen LogP contribution in [0.3, 0.4) is 0 Å². The van der Waals surface area contributed by atoms with E-state index in [0.717, 1.165) is 0 Å². The van der Waals surface area contributed by atoms with Crippen LogP contribution >= 0.6 is 0 Å². The van der Waals surface area contributed by atoms with Crippen LogP contribution < -0.4 is 22.6 Å². The van der Waals surface area contributed by atoms with Crippen molar-refractivity contribution in [3.8, 4) is 0 Å². The van der Waals surface area contributed by atoms with Gasteiger partial charge in [0.25, 0.3) is 11.1 Å². The van der Waals surface area contributed by atoms with Gasteiger partial charge < -0.3 is 26.9 Å². The van der Waals surface area contributed by atoms with Crippen LogP contribution in [-0.4, -0.2) is 45.3 Å². The Hall–Kier alpha value is -3.74. The van der Waals surface area contributed by atoms with Crippen LogP contribution in [0.15, 0.2) is 22.2 Å². The Morgan fingerprint density at radius 3 is 1.57 bits per heavy atom. The number of anilines is 2. The summed E-state index contributed by atoms with van der Waals surface area (Å²) in [5.41, 5.74) is 11.3. The summed E-state index contributed by atoms with van der Waals surface area (Å²) in [4.78, 5) is 47.1.